The molecule has 44 heavy (non-hydrogen) atoms. The van der Waals surface area contributed by atoms with Crippen molar-refractivity contribution in [2.45, 2.75) is 219 Å². The van der Waals surface area contributed by atoms with Crippen LogP contribution in [0, 0.1) is 0 Å². The fourth-order valence-electron chi connectivity index (χ4n) is 5.92. The van der Waals surface area contributed by atoms with Crippen LogP contribution in [0.5, 0.6) is 0 Å². The molecule has 2 unspecified atom stereocenters. The monoisotopic (exact) mass is 620 g/mol. The van der Waals surface area contributed by atoms with E-state index >= 15 is 0 Å². The summed E-state index contributed by atoms with van der Waals surface area (Å²) in [7, 11) is 0. The first-order valence-electron chi connectivity index (χ1n) is 19.5. The molecule has 0 rings (SSSR count). The molecule has 0 aromatic rings. The Morgan fingerprint density at radius 2 is 0.932 bits per heavy atom. The van der Waals surface area contributed by atoms with Gasteiger partial charge >= 0.3 is 0 Å². The van der Waals surface area contributed by atoms with Gasteiger partial charge in [0.1, 0.15) is 0 Å². The van der Waals surface area contributed by atoms with Crippen LogP contribution in [-0.4, -0.2) is 34.9 Å². The summed E-state index contributed by atoms with van der Waals surface area (Å²) in [5.74, 6) is -0.0414. The molecule has 1 amide bonds. The van der Waals surface area contributed by atoms with Crippen molar-refractivity contribution >= 4 is 5.91 Å². The molecular formula is C40H77NO3. The van der Waals surface area contributed by atoms with E-state index in [1.807, 2.05) is 0 Å². The molecule has 0 aromatic heterocycles. The number of amides is 1. The van der Waals surface area contributed by atoms with E-state index in [0.29, 0.717) is 12.8 Å². The van der Waals surface area contributed by atoms with Gasteiger partial charge in [-0.25, -0.2) is 0 Å². The van der Waals surface area contributed by atoms with E-state index in [2.05, 4.69) is 43.5 Å². The minimum absolute atomic E-state index is 0.0414. The van der Waals surface area contributed by atoms with E-state index in [1.165, 1.54) is 148 Å². The maximum Gasteiger partial charge on any atom is 0.220 e. The third kappa shape index (κ3) is 32.3. The first-order valence-corrected chi connectivity index (χ1v) is 19.5. The molecule has 0 radical (unpaired) electrons. The van der Waals surface area contributed by atoms with Gasteiger partial charge in [-0.15, -0.1) is 0 Å². The average Bonchev–Trinajstić information content (AvgIpc) is 3.03. The number of carbonyl (C=O) groups excluding carboxylic acids is 1. The smallest absolute Gasteiger partial charge is 0.220 e. The summed E-state index contributed by atoms with van der Waals surface area (Å²) in [6.07, 6.45) is 45.3. The summed E-state index contributed by atoms with van der Waals surface area (Å²) < 4.78 is 0. The molecule has 4 heteroatoms. The number of hydrogen-bond donors (Lipinski definition) is 3. The molecule has 0 aromatic carbocycles. The highest BCUT2D eigenvalue weighted by Crippen LogP contribution is 2.14. The molecule has 0 heterocycles. The summed E-state index contributed by atoms with van der Waals surface area (Å²) in [5.41, 5.74) is 0. The largest absolute Gasteiger partial charge is 0.394 e. The summed E-state index contributed by atoms with van der Waals surface area (Å²) >= 11 is 0. The minimum atomic E-state index is -0.658. The number of aliphatic hydroxyl groups excluding tert-OH is 2. The topological polar surface area (TPSA) is 69.6 Å². The van der Waals surface area contributed by atoms with E-state index in [-0.39, 0.29) is 12.5 Å². The Morgan fingerprint density at radius 3 is 1.36 bits per heavy atom. The summed E-state index contributed by atoms with van der Waals surface area (Å²) in [6.45, 7) is 4.33. The second kappa shape index (κ2) is 36.3. The number of aliphatic hydroxyl groups is 2. The van der Waals surface area contributed by atoms with Crippen LogP contribution in [-0.2, 0) is 4.79 Å². The van der Waals surface area contributed by atoms with E-state index in [9.17, 15) is 15.0 Å². The number of hydrogen-bond acceptors (Lipinski definition) is 3. The lowest BCUT2D eigenvalue weighted by Gasteiger charge is -2.22. The fraction of sp³-hybridized carbons (Fsp3) is 0.875. The molecule has 0 aliphatic rings. The number of allylic oxidation sites excluding steroid dienone is 4. The molecular weight excluding hydrogens is 542 g/mol. The number of unbranched alkanes of at least 4 members (excludes halogenated alkanes) is 24. The van der Waals surface area contributed by atoms with Crippen LogP contribution in [0.3, 0.4) is 0 Å². The predicted octanol–water partition coefficient (Wildman–Crippen LogP) is 11.7. The molecule has 2 atom stereocenters. The van der Waals surface area contributed by atoms with Gasteiger partial charge in [-0.05, 0) is 44.9 Å². The van der Waals surface area contributed by atoms with Gasteiger partial charge < -0.3 is 15.5 Å². The Labute approximate surface area is 275 Å². The van der Waals surface area contributed by atoms with Gasteiger partial charge in [-0.1, -0.05) is 179 Å². The average molecular weight is 620 g/mol. The van der Waals surface area contributed by atoms with Crippen LogP contribution in [0.2, 0.25) is 0 Å². The highest BCUT2D eigenvalue weighted by molar-refractivity contribution is 5.76. The van der Waals surface area contributed by atoms with Gasteiger partial charge in [-0.3, -0.25) is 4.79 Å². The van der Waals surface area contributed by atoms with Gasteiger partial charge in [0.25, 0.3) is 0 Å². The number of carbonyl (C=O) groups is 1. The Bertz CT molecular complexity index is 632. The SMILES string of the molecule is CCCCCCCCCCC/C=C\C/C=C\CCCCCCCCCC(=O)NC(CO)C(O)CCCCCCCCCCC. The molecule has 0 aliphatic heterocycles. The molecule has 0 spiro atoms. The van der Waals surface area contributed by atoms with Gasteiger partial charge in [-0.2, -0.15) is 0 Å². The van der Waals surface area contributed by atoms with E-state index in [0.717, 1.165) is 32.1 Å². The molecule has 0 fully saturated rings. The normalized spacial score (nSPS) is 13.3. The first-order chi connectivity index (χ1) is 21.7. The zero-order valence-corrected chi connectivity index (χ0v) is 29.7. The van der Waals surface area contributed by atoms with Gasteiger partial charge in [0, 0.05) is 6.42 Å². The van der Waals surface area contributed by atoms with Crippen molar-refractivity contribution in [2.24, 2.45) is 0 Å². The molecule has 0 saturated heterocycles. The van der Waals surface area contributed by atoms with Crippen LogP contribution in [0.1, 0.15) is 206 Å². The lowest BCUT2D eigenvalue weighted by atomic mass is 10.0. The van der Waals surface area contributed by atoms with Gasteiger partial charge in [0.2, 0.25) is 5.91 Å². The van der Waals surface area contributed by atoms with E-state index < -0.39 is 12.1 Å². The van der Waals surface area contributed by atoms with Crippen molar-refractivity contribution < 1.29 is 15.0 Å². The maximum absolute atomic E-state index is 12.3. The highest BCUT2D eigenvalue weighted by Gasteiger charge is 2.19. The third-order valence-corrected chi connectivity index (χ3v) is 8.97. The summed E-state index contributed by atoms with van der Waals surface area (Å²) in [5, 5.41) is 23.0. The van der Waals surface area contributed by atoms with Crippen molar-refractivity contribution in [3.63, 3.8) is 0 Å². The molecule has 0 aliphatic carbocycles. The van der Waals surface area contributed by atoms with Crippen LogP contribution in [0.25, 0.3) is 0 Å². The lowest BCUT2D eigenvalue weighted by molar-refractivity contribution is -0.123. The summed E-state index contributed by atoms with van der Waals surface area (Å²) in [6, 6.07) is -0.536. The second-order valence-electron chi connectivity index (χ2n) is 13.4. The van der Waals surface area contributed by atoms with Crippen molar-refractivity contribution in [1.29, 1.82) is 0 Å². The Morgan fingerprint density at radius 1 is 0.545 bits per heavy atom. The second-order valence-corrected chi connectivity index (χ2v) is 13.4. The Kier molecular flexibility index (Phi) is 35.4. The standard InChI is InChI=1S/C40H77NO3/c1-3-5-7-9-11-13-14-15-16-17-18-19-20-21-22-23-24-25-26-28-30-32-34-36-40(44)41-38(37-42)39(43)35-33-31-29-27-12-10-8-6-4-2/h18-19,21-22,38-39,42-43H,3-17,20,23-37H2,1-2H3,(H,41,44)/b19-18-,22-21-. The lowest BCUT2D eigenvalue weighted by Crippen LogP contribution is -2.45. The van der Waals surface area contributed by atoms with Crippen molar-refractivity contribution in [3.8, 4) is 0 Å². The van der Waals surface area contributed by atoms with Crippen LogP contribution in [0.4, 0.5) is 0 Å². The molecule has 260 valence electrons. The third-order valence-electron chi connectivity index (χ3n) is 8.97. The molecule has 0 bridgehead atoms. The Balaban J connectivity index is 3.52. The molecule has 4 nitrogen and oxygen atoms in total. The number of rotatable bonds is 35. The van der Waals surface area contributed by atoms with E-state index in [4.69, 9.17) is 0 Å². The molecule has 0 saturated carbocycles. The van der Waals surface area contributed by atoms with Crippen LogP contribution >= 0.6 is 0 Å². The molecule has 3 N–H and O–H groups in total. The summed E-state index contributed by atoms with van der Waals surface area (Å²) in [4.78, 5) is 12.3. The predicted molar refractivity (Wildman–Crippen MR) is 193 cm³/mol. The zero-order valence-electron chi connectivity index (χ0n) is 29.7. The maximum atomic E-state index is 12.3. The number of nitrogens with one attached hydrogen (secondary N) is 1. The van der Waals surface area contributed by atoms with Gasteiger partial charge in [0.05, 0.1) is 18.8 Å². The minimum Gasteiger partial charge on any atom is -0.394 e. The fourth-order valence-corrected chi connectivity index (χ4v) is 5.92. The quantitative estimate of drug-likeness (QED) is 0.0488. The van der Waals surface area contributed by atoms with E-state index in [1.54, 1.807) is 0 Å². The Hall–Kier alpha value is -1.13. The first kappa shape index (κ1) is 42.9. The van der Waals surface area contributed by atoms with Gasteiger partial charge in [0.15, 0.2) is 0 Å². The van der Waals surface area contributed by atoms with Crippen LogP contribution in [0.15, 0.2) is 24.3 Å². The van der Waals surface area contributed by atoms with Crippen molar-refractivity contribution in [3.05, 3.63) is 24.3 Å². The van der Waals surface area contributed by atoms with Crippen LogP contribution < -0.4 is 5.32 Å². The highest BCUT2D eigenvalue weighted by atomic mass is 16.3. The van der Waals surface area contributed by atoms with Crippen molar-refractivity contribution in [2.75, 3.05) is 6.61 Å². The van der Waals surface area contributed by atoms with Crippen molar-refractivity contribution in [1.82, 2.24) is 5.32 Å². The zero-order chi connectivity index (χ0) is 32.2.